The van der Waals surface area contributed by atoms with Crippen molar-refractivity contribution in [1.29, 1.82) is 0 Å². The second-order valence-electron chi connectivity index (χ2n) is 6.41. The Morgan fingerprint density at radius 1 is 1.25 bits per heavy atom. The number of nitro groups is 1. The summed E-state index contributed by atoms with van der Waals surface area (Å²) in [5, 5.41) is 15.1. The number of benzene rings is 1. The Morgan fingerprint density at radius 3 is 2.54 bits per heavy atom. The summed E-state index contributed by atoms with van der Waals surface area (Å²) in [4.78, 5) is 24.2. The average Bonchev–Trinajstić information content (AvgIpc) is 3.21. The molecule has 1 aliphatic rings. The van der Waals surface area contributed by atoms with E-state index in [2.05, 4.69) is 31.4 Å². The van der Waals surface area contributed by atoms with E-state index in [1.54, 1.807) is 12.1 Å². The Balaban J connectivity index is 1.60. The largest absolute Gasteiger partial charge is 0.357 e. The first-order valence-corrected chi connectivity index (χ1v) is 10.2. The number of piperazine rings is 1. The number of rotatable bonds is 6. The van der Waals surface area contributed by atoms with Crippen LogP contribution in [0, 0.1) is 10.1 Å². The minimum atomic E-state index is -0.391. The zero-order chi connectivity index (χ0) is 19.9. The van der Waals surface area contributed by atoms with Gasteiger partial charge in [0.15, 0.2) is 5.96 Å². The van der Waals surface area contributed by atoms with Crippen molar-refractivity contribution in [3.05, 3.63) is 45.8 Å². The van der Waals surface area contributed by atoms with Crippen LogP contribution in [0.4, 0.5) is 10.8 Å². The summed E-state index contributed by atoms with van der Waals surface area (Å²) in [6.07, 6.45) is 0.857. The van der Waals surface area contributed by atoms with Gasteiger partial charge in [0.05, 0.1) is 11.5 Å². The molecule has 0 spiro atoms. The second kappa shape index (κ2) is 9.45. The van der Waals surface area contributed by atoms with Gasteiger partial charge in [0, 0.05) is 62.8 Å². The number of anilines is 1. The Hall–Kier alpha value is -2.75. The average molecular weight is 404 g/mol. The molecule has 10 heteroatoms. The van der Waals surface area contributed by atoms with Crippen LogP contribution in [0.5, 0.6) is 0 Å². The zero-order valence-electron chi connectivity index (χ0n) is 16.2. The van der Waals surface area contributed by atoms with Gasteiger partial charge in [0.1, 0.15) is 5.82 Å². The summed E-state index contributed by atoms with van der Waals surface area (Å²) in [6.45, 7) is 8.84. The highest BCUT2D eigenvalue weighted by Gasteiger charge is 2.22. The van der Waals surface area contributed by atoms with Crippen molar-refractivity contribution in [2.24, 2.45) is 4.99 Å². The third-order valence-corrected chi connectivity index (χ3v) is 5.33. The lowest BCUT2D eigenvalue weighted by atomic mass is 10.2. The molecule has 0 saturated carbocycles. The second-order valence-corrected chi connectivity index (χ2v) is 7.14. The van der Waals surface area contributed by atoms with Gasteiger partial charge in [0.25, 0.3) is 5.69 Å². The quantitative estimate of drug-likeness (QED) is 0.342. The van der Waals surface area contributed by atoms with Crippen molar-refractivity contribution in [3.63, 3.8) is 0 Å². The van der Waals surface area contributed by atoms with Gasteiger partial charge in [-0.05, 0) is 12.5 Å². The SMILES string of the molecule is CCNC(=NCc1ccc([N+](=O)[O-])cc1)N1CCN(c2nc(CC)ns2)CC1. The van der Waals surface area contributed by atoms with Gasteiger partial charge in [-0.2, -0.15) is 4.37 Å². The molecule has 0 atom stereocenters. The number of hydrogen-bond donors (Lipinski definition) is 1. The summed E-state index contributed by atoms with van der Waals surface area (Å²) in [6, 6.07) is 6.54. The van der Waals surface area contributed by atoms with E-state index in [1.807, 2.05) is 6.92 Å². The lowest BCUT2D eigenvalue weighted by Crippen LogP contribution is -2.52. The number of nitrogens with zero attached hydrogens (tertiary/aromatic N) is 6. The van der Waals surface area contributed by atoms with E-state index in [9.17, 15) is 10.1 Å². The highest BCUT2D eigenvalue weighted by Crippen LogP contribution is 2.19. The first-order valence-electron chi connectivity index (χ1n) is 9.44. The van der Waals surface area contributed by atoms with Crippen molar-refractivity contribution >= 4 is 28.3 Å². The van der Waals surface area contributed by atoms with Crippen LogP contribution in [0.3, 0.4) is 0 Å². The molecule has 1 N–H and O–H groups in total. The van der Waals surface area contributed by atoms with Crippen molar-refractivity contribution in [1.82, 2.24) is 19.6 Å². The van der Waals surface area contributed by atoms with Crippen LogP contribution < -0.4 is 10.2 Å². The molecule has 1 saturated heterocycles. The van der Waals surface area contributed by atoms with Gasteiger partial charge >= 0.3 is 0 Å². The predicted octanol–water partition coefficient (Wildman–Crippen LogP) is 2.30. The fourth-order valence-electron chi connectivity index (χ4n) is 2.94. The molecule has 1 fully saturated rings. The molecule has 150 valence electrons. The first-order chi connectivity index (χ1) is 13.6. The molecule has 2 heterocycles. The third kappa shape index (κ3) is 4.94. The number of aryl methyl sites for hydroxylation is 1. The fourth-order valence-corrected chi connectivity index (χ4v) is 3.74. The molecule has 28 heavy (non-hydrogen) atoms. The van der Waals surface area contributed by atoms with Crippen molar-refractivity contribution in [3.8, 4) is 0 Å². The number of aromatic nitrogens is 2. The molecule has 0 radical (unpaired) electrons. The number of aliphatic imine (C=N–C) groups is 1. The Labute approximate surface area is 168 Å². The highest BCUT2D eigenvalue weighted by molar-refractivity contribution is 7.09. The van der Waals surface area contributed by atoms with E-state index in [0.29, 0.717) is 6.54 Å². The maximum absolute atomic E-state index is 10.8. The number of hydrogen-bond acceptors (Lipinski definition) is 7. The molecule has 2 aromatic rings. The molecular weight excluding hydrogens is 378 g/mol. The normalized spacial score (nSPS) is 15.0. The number of nitro benzene ring substituents is 1. The number of non-ortho nitro benzene ring substituents is 1. The van der Waals surface area contributed by atoms with E-state index in [1.165, 1.54) is 23.7 Å². The Morgan fingerprint density at radius 2 is 1.96 bits per heavy atom. The summed E-state index contributed by atoms with van der Waals surface area (Å²) in [5.41, 5.74) is 1.04. The zero-order valence-corrected chi connectivity index (χ0v) is 17.0. The maximum Gasteiger partial charge on any atom is 0.269 e. The van der Waals surface area contributed by atoms with E-state index < -0.39 is 4.92 Å². The molecular formula is C18H25N7O2S. The monoisotopic (exact) mass is 403 g/mol. The van der Waals surface area contributed by atoms with Crippen molar-refractivity contribution < 1.29 is 4.92 Å². The summed E-state index contributed by atoms with van der Waals surface area (Å²) < 4.78 is 4.37. The summed E-state index contributed by atoms with van der Waals surface area (Å²) in [5.74, 6) is 1.77. The van der Waals surface area contributed by atoms with Gasteiger partial charge in [0.2, 0.25) is 5.13 Å². The third-order valence-electron chi connectivity index (χ3n) is 4.52. The molecule has 0 bridgehead atoms. The van der Waals surface area contributed by atoms with Crippen molar-refractivity contribution in [2.45, 2.75) is 26.8 Å². The van der Waals surface area contributed by atoms with Crippen molar-refractivity contribution in [2.75, 3.05) is 37.6 Å². The Kier molecular flexibility index (Phi) is 6.75. The van der Waals surface area contributed by atoms with Gasteiger partial charge in [-0.1, -0.05) is 19.1 Å². The molecule has 0 aliphatic carbocycles. The van der Waals surface area contributed by atoms with Crippen LogP contribution in [-0.4, -0.2) is 57.9 Å². The lowest BCUT2D eigenvalue weighted by Gasteiger charge is -2.36. The number of guanidine groups is 1. The van der Waals surface area contributed by atoms with Crippen LogP contribution in [0.15, 0.2) is 29.3 Å². The summed E-state index contributed by atoms with van der Waals surface area (Å²) in [7, 11) is 0. The standard InChI is InChI=1S/C18H25N7O2S/c1-3-16-21-18(28-22-16)24-11-9-23(10-12-24)17(19-4-2)20-13-14-5-7-15(8-6-14)25(26)27/h5-8H,3-4,9-13H2,1-2H3,(H,19,20). The molecule has 1 aromatic heterocycles. The van der Waals surface area contributed by atoms with Gasteiger partial charge in [-0.15, -0.1) is 0 Å². The molecule has 1 aromatic carbocycles. The fraction of sp³-hybridized carbons (Fsp3) is 0.500. The smallest absolute Gasteiger partial charge is 0.269 e. The molecule has 9 nitrogen and oxygen atoms in total. The van der Waals surface area contributed by atoms with E-state index in [4.69, 9.17) is 4.99 Å². The minimum Gasteiger partial charge on any atom is -0.357 e. The topological polar surface area (TPSA) is 99.8 Å². The molecule has 1 aliphatic heterocycles. The predicted molar refractivity (Wildman–Crippen MR) is 111 cm³/mol. The van der Waals surface area contributed by atoms with Crippen LogP contribution in [-0.2, 0) is 13.0 Å². The van der Waals surface area contributed by atoms with Crippen LogP contribution in [0.2, 0.25) is 0 Å². The highest BCUT2D eigenvalue weighted by atomic mass is 32.1. The van der Waals surface area contributed by atoms with E-state index >= 15 is 0 Å². The van der Waals surface area contributed by atoms with Crippen LogP contribution in [0.25, 0.3) is 0 Å². The molecule has 0 amide bonds. The lowest BCUT2D eigenvalue weighted by molar-refractivity contribution is -0.384. The minimum absolute atomic E-state index is 0.0960. The summed E-state index contributed by atoms with van der Waals surface area (Å²) >= 11 is 1.46. The molecule has 3 rings (SSSR count). The van der Waals surface area contributed by atoms with Gasteiger partial charge < -0.3 is 15.1 Å². The number of nitrogens with one attached hydrogen (secondary N) is 1. The molecule has 0 unspecified atom stereocenters. The van der Waals surface area contributed by atoms with E-state index in [0.717, 1.165) is 61.6 Å². The first kappa shape index (κ1) is 20.0. The van der Waals surface area contributed by atoms with Gasteiger partial charge in [-0.3, -0.25) is 10.1 Å². The van der Waals surface area contributed by atoms with Crippen LogP contribution >= 0.6 is 11.5 Å². The van der Waals surface area contributed by atoms with E-state index in [-0.39, 0.29) is 5.69 Å². The van der Waals surface area contributed by atoms with Gasteiger partial charge in [-0.25, -0.2) is 9.98 Å². The Bertz CT molecular complexity index is 814. The van der Waals surface area contributed by atoms with Crippen LogP contribution in [0.1, 0.15) is 25.2 Å². The maximum atomic E-state index is 10.8.